The van der Waals surface area contributed by atoms with Crippen LogP contribution in [0, 0.1) is 6.07 Å². The quantitative estimate of drug-likeness (QED) is 0.434. The molecule has 5 heteroatoms. The van der Waals surface area contributed by atoms with Gasteiger partial charge in [-0.2, -0.15) is 23.3 Å². The second kappa shape index (κ2) is 5.35. The van der Waals surface area contributed by atoms with Crippen molar-refractivity contribution in [3.8, 4) is 11.4 Å². The van der Waals surface area contributed by atoms with Gasteiger partial charge in [0.25, 0.3) is 0 Å². The first-order valence-electron chi connectivity index (χ1n) is 6.28. The van der Waals surface area contributed by atoms with E-state index in [0.717, 1.165) is 33.4 Å². The maximum atomic E-state index is 6.01. The van der Waals surface area contributed by atoms with E-state index in [9.17, 15) is 0 Å². The van der Waals surface area contributed by atoms with Gasteiger partial charge in [0, 0.05) is 43.5 Å². The number of methoxy groups -OCH3 is 1. The summed E-state index contributed by atoms with van der Waals surface area (Å²) in [5.74, 6) is 0.727. The van der Waals surface area contributed by atoms with Crippen LogP contribution in [0.5, 0.6) is 5.75 Å². The smallest absolute Gasteiger partial charge is 0.160 e. The fourth-order valence-electron chi connectivity index (χ4n) is 2.46. The summed E-state index contributed by atoms with van der Waals surface area (Å²) in [6.45, 7) is 0. The van der Waals surface area contributed by atoms with Crippen LogP contribution in [-0.4, -0.2) is 16.9 Å². The van der Waals surface area contributed by atoms with Gasteiger partial charge in [-0.1, -0.05) is 17.5 Å². The van der Waals surface area contributed by atoms with Crippen molar-refractivity contribution in [1.29, 1.82) is 0 Å². The standard InChI is InChI=1S/C16H11N2O2.Ir/c1-19-14-8-3-6-12-11-5-2-7-13(15(11)20-16(12)14)18-10-4-9-17-18;/h2-6,8-10H,1H3;/q-1;. The molecule has 0 fully saturated rings. The minimum atomic E-state index is 0. The van der Waals surface area contributed by atoms with Crippen molar-refractivity contribution in [3.63, 3.8) is 0 Å². The predicted octanol–water partition coefficient (Wildman–Crippen LogP) is 3.58. The van der Waals surface area contributed by atoms with E-state index < -0.39 is 0 Å². The molecule has 107 valence electrons. The van der Waals surface area contributed by atoms with Crippen molar-refractivity contribution < 1.29 is 29.3 Å². The number of hydrogen-bond donors (Lipinski definition) is 0. The summed E-state index contributed by atoms with van der Waals surface area (Å²) in [5.41, 5.74) is 2.31. The van der Waals surface area contributed by atoms with E-state index in [2.05, 4.69) is 11.2 Å². The van der Waals surface area contributed by atoms with Crippen LogP contribution in [0.1, 0.15) is 0 Å². The van der Waals surface area contributed by atoms with Crippen LogP contribution in [-0.2, 0) is 20.1 Å². The Morgan fingerprint density at radius 1 is 1.14 bits per heavy atom. The van der Waals surface area contributed by atoms with Crippen molar-refractivity contribution in [2.45, 2.75) is 0 Å². The molecule has 1 radical (unpaired) electrons. The van der Waals surface area contributed by atoms with Gasteiger partial charge in [-0.25, -0.2) is 0 Å². The maximum Gasteiger partial charge on any atom is 0.160 e. The Morgan fingerprint density at radius 3 is 2.76 bits per heavy atom. The first kappa shape index (κ1) is 13.9. The molecule has 21 heavy (non-hydrogen) atoms. The first-order chi connectivity index (χ1) is 9.88. The number of aromatic nitrogens is 2. The molecule has 0 N–H and O–H groups in total. The minimum Gasteiger partial charge on any atom is -0.510 e. The summed E-state index contributed by atoms with van der Waals surface area (Å²) in [5, 5.41) is 6.30. The first-order valence-corrected chi connectivity index (χ1v) is 6.28. The molecule has 0 saturated carbocycles. The van der Waals surface area contributed by atoms with E-state index >= 15 is 0 Å². The number of furan rings is 1. The van der Waals surface area contributed by atoms with Gasteiger partial charge < -0.3 is 9.15 Å². The van der Waals surface area contributed by atoms with Gasteiger partial charge in [-0.3, -0.25) is 4.68 Å². The van der Waals surface area contributed by atoms with Crippen molar-refractivity contribution >= 4 is 21.9 Å². The topological polar surface area (TPSA) is 40.2 Å². The molecule has 0 amide bonds. The fraction of sp³-hybridized carbons (Fsp3) is 0.0625. The maximum absolute atomic E-state index is 6.01. The van der Waals surface area contributed by atoms with Crippen molar-refractivity contribution in [1.82, 2.24) is 9.78 Å². The third-order valence-corrected chi connectivity index (χ3v) is 3.36. The molecule has 0 atom stereocenters. The van der Waals surface area contributed by atoms with Crippen LogP contribution in [0.4, 0.5) is 0 Å². The van der Waals surface area contributed by atoms with Crippen LogP contribution in [0.15, 0.2) is 53.2 Å². The monoisotopic (exact) mass is 456 g/mol. The van der Waals surface area contributed by atoms with Gasteiger partial charge in [0.05, 0.1) is 7.11 Å². The van der Waals surface area contributed by atoms with Crippen LogP contribution < -0.4 is 4.74 Å². The zero-order valence-electron chi connectivity index (χ0n) is 11.2. The molecule has 0 aliphatic heterocycles. The van der Waals surface area contributed by atoms with Gasteiger partial charge >= 0.3 is 0 Å². The molecular weight excluding hydrogens is 444 g/mol. The van der Waals surface area contributed by atoms with E-state index in [-0.39, 0.29) is 20.1 Å². The van der Waals surface area contributed by atoms with E-state index in [0.29, 0.717) is 0 Å². The van der Waals surface area contributed by atoms with Crippen molar-refractivity contribution in [2.75, 3.05) is 7.11 Å². The number of fused-ring (bicyclic) bond motifs is 3. The number of benzene rings is 2. The largest absolute Gasteiger partial charge is 0.510 e. The van der Waals surface area contributed by atoms with Crippen LogP contribution in [0.25, 0.3) is 27.6 Å². The average molecular weight is 455 g/mol. The van der Waals surface area contributed by atoms with Crippen LogP contribution in [0.2, 0.25) is 0 Å². The molecule has 4 aromatic rings. The Kier molecular flexibility index (Phi) is 3.53. The summed E-state index contributed by atoms with van der Waals surface area (Å²) in [4.78, 5) is 0. The third-order valence-electron chi connectivity index (χ3n) is 3.36. The Hall–Kier alpha value is -2.10. The van der Waals surface area contributed by atoms with E-state index in [4.69, 9.17) is 9.15 Å². The molecule has 2 aromatic heterocycles. The molecule has 2 heterocycles. The summed E-state index contributed by atoms with van der Waals surface area (Å²) in [6.07, 6.45) is 3.60. The van der Waals surface area contributed by atoms with Gasteiger partial charge in [0.15, 0.2) is 11.3 Å². The molecule has 0 unspecified atom stereocenters. The van der Waals surface area contributed by atoms with E-state index in [1.165, 1.54) is 0 Å². The zero-order chi connectivity index (χ0) is 13.5. The Balaban J connectivity index is 0.00000132. The van der Waals surface area contributed by atoms with Gasteiger partial charge in [-0.05, 0) is 17.8 Å². The predicted molar refractivity (Wildman–Crippen MR) is 76.2 cm³/mol. The number of hydrogen-bond acceptors (Lipinski definition) is 3. The second-order valence-corrected chi connectivity index (χ2v) is 4.46. The molecule has 0 bridgehead atoms. The average Bonchev–Trinajstić information content (AvgIpc) is 3.13. The SMILES string of the molecule is COc1cccc2c1oc1c(-n3cccn3)[c-]ccc12.[Ir]. The molecule has 4 nitrogen and oxygen atoms in total. The Labute approximate surface area is 134 Å². The molecule has 4 rings (SSSR count). The normalized spacial score (nSPS) is 10.7. The van der Waals surface area contributed by atoms with Crippen molar-refractivity contribution in [2.24, 2.45) is 0 Å². The number of nitrogens with zero attached hydrogens (tertiary/aromatic N) is 2. The van der Waals surface area contributed by atoms with E-state index in [1.807, 2.05) is 42.6 Å². The summed E-state index contributed by atoms with van der Waals surface area (Å²) >= 11 is 0. The van der Waals surface area contributed by atoms with Crippen LogP contribution >= 0.6 is 0 Å². The molecule has 0 saturated heterocycles. The third kappa shape index (κ3) is 2.06. The van der Waals surface area contributed by atoms with Crippen LogP contribution in [0.3, 0.4) is 0 Å². The molecule has 2 aromatic carbocycles. The molecule has 0 spiro atoms. The molecule has 0 aliphatic rings. The minimum absolute atomic E-state index is 0. The summed E-state index contributed by atoms with van der Waals surface area (Å²) in [7, 11) is 1.64. The van der Waals surface area contributed by atoms with Crippen molar-refractivity contribution in [3.05, 3.63) is 54.9 Å². The fourth-order valence-corrected chi connectivity index (χ4v) is 2.46. The Morgan fingerprint density at radius 2 is 2.00 bits per heavy atom. The number of para-hydroxylation sites is 1. The van der Waals surface area contributed by atoms with E-state index in [1.54, 1.807) is 18.0 Å². The molecular formula is C16H11IrN2O2-. The van der Waals surface area contributed by atoms with Gasteiger partial charge in [0.2, 0.25) is 0 Å². The van der Waals surface area contributed by atoms with Gasteiger partial charge in [0.1, 0.15) is 0 Å². The molecule has 0 aliphatic carbocycles. The Bertz CT molecular complexity index is 897. The van der Waals surface area contributed by atoms with Gasteiger partial charge in [-0.15, -0.1) is 0 Å². The second-order valence-electron chi connectivity index (χ2n) is 4.46. The number of rotatable bonds is 2. The zero-order valence-corrected chi connectivity index (χ0v) is 13.6. The number of ether oxygens (including phenoxy) is 1. The summed E-state index contributed by atoms with van der Waals surface area (Å²) < 4.78 is 13.1. The summed E-state index contributed by atoms with van der Waals surface area (Å²) in [6, 6.07) is 14.8.